The summed E-state index contributed by atoms with van der Waals surface area (Å²) in [7, 11) is 1.74. The summed E-state index contributed by atoms with van der Waals surface area (Å²) in [5.41, 5.74) is 2.47. The van der Waals surface area contributed by atoms with Crippen molar-refractivity contribution < 1.29 is 19.8 Å². The number of carboxylic acids is 2. The molecule has 7 heteroatoms. The van der Waals surface area contributed by atoms with Gasteiger partial charge in [-0.2, -0.15) is 0 Å². The van der Waals surface area contributed by atoms with Crippen LogP contribution in [-0.2, 0) is 4.79 Å². The lowest BCUT2D eigenvalue weighted by molar-refractivity contribution is -0.131. The van der Waals surface area contributed by atoms with Crippen LogP contribution in [0.25, 0.3) is 17.0 Å². The molecule has 1 aromatic carbocycles. The number of nitrogens with zero attached hydrogens (tertiary/aromatic N) is 2. The molecule has 0 atom stereocenters. The molecule has 1 aliphatic heterocycles. The van der Waals surface area contributed by atoms with Crippen LogP contribution in [0, 0.1) is 0 Å². The molecule has 2 aromatic rings. The molecule has 0 saturated heterocycles. The predicted octanol–water partition coefficient (Wildman–Crippen LogP) is 3.44. The molecule has 0 spiro atoms. The van der Waals surface area contributed by atoms with Crippen molar-refractivity contribution in [2.45, 2.75) is 19.9 Å². The monoisotopic (exact) mass is 332 g/mol. The number of rotatable bonds is 3. The van der Waals surface area contributed by atoms with Gasteiger partial charge in [-0.05, 0) is 44.0 Å². The van der Waals surface area contributed by atoms with Gasteiger partial charge in [-0.25, -0.2) is 9.59 Å². The Morgan fingerprint density at radius 2 is 1.87 bits per heavy atom. The Kier molecular flexibility index (Phi) is 3.60. The minimum atomic E-state index is -1.00. The number of benzene rings is 1. The zero-order valence-electron chi connectivity index (χ0n) is 12.9. The molecule has 2 N–H and O–H groups in total. The second kappa shape index (κ2) is 5.34. The zero-order chi connectivity index (χ0) is 16.9. The Morgan fingerprint density at radius 1 is 1.17 bits per heavy atom. The number of aromatic nitrogens is 1. The summed E-state index contributed by atoms with van der Waals surface area (Å²) in [5.74, 6) is -2.01. The summed E-state index contributed by atoms with van der Waals surface area (Å²) in [6.45, 7) is 4.00. The average Bonchev–Trinajstić information content (AvgIpc) is 2.76. The molecule has 1 aromatic heterocycles. The predicted molar refractivity (Wildman–Crippen MR) is 90.9 cm³/mol. The summed E-state index contributed by atoms with van der Waals surface area (Å²) < 4.78 is 3.68. The standard InChI is InChI=1S/C16H16N2O4S/c1-8(2)18-7-10-6-13(16(21)22)23-17(3)11-4-9(15(19)20)5-12(18)14(10)11/h4-8H,1-3H3,(H,19,20)(H,21,22). The molecule has 1 aliphatic rings. The number of hydrogen-bond donors (Lipinski definition) is 2. The second-order valence-corrected chi connectivity index (χ2v) is 6.85. The van der Waals surface area contributed by atoms with Crippen molar-refractivity contribution in [1.82, 2.24) is 4.57 Å². The SMILES string of the molecule is CC(C)n1cc2c3c(cc(C(=O)O)cc31)N(C)SC(C(=O)O)=C2. The van der Waals surface area contributed by atoms with Crippen LogP contribution in [0.2, 0.25) is 0 Å². The van der Waals surface area contributed by atoms with E-state index in [2.05, 4.69) is 0 Å². The third kappa shape index (κ3) is 2.46. The smallest absolute Gasteiger partial charge is 0.344 e. The Hall–Kier alpha value is -2.41. The highest BCUT2D eigenvalue weighted by atomic mass is 32.2. The number of aromatic carboxylic acids is 1. The molecule has 0 radical (unpaired) electrons. The highest BCUT2D eigenvalue weighted by molar-refractivity contribution is 8.05. The molecule has 23 heavy (non-hydrogen) atoms. The summed E-state index contributed by atoms with van der Waals surface area (Å²) >= 11 is 1.08. The Balaban J connectivity index is 2.40. The Bertz CT molecular complexity index is 867. The van der Waals surface area contributed by atoms with Crippen molar-refractivity contribution in [3.8, 4) is 0 Å². The topological polar surface area (TPSA) is 82.8 Å². The molecule has 0 amide bonds. The largest absolute Gasteiger partial charge is 0.478 e. The molecule has 0 unspecified atom stereocenters. The molecule has 0 bridgehead atoms. The third-order valence-corrected chi connectivity index (χ3v) is 4.78. The zero-order valence-corrected chi connectivity index (χ0v) is 13.7. The summed E-state index contributed by atoms with van der Waals surface area (Å²) in [6.07, 6.45) is 3.52. The first kappa shape index (κ1) is 15.5. The number of carbonyl (C=O) groups is 2. The molecule has 0 saturated carbocycles. The lowest BCUT2D eigenvalue weighted by atomic mass is 10.1. The summed E-state index contributed by atoms with van der Waals surface area (Å²) in [6, 6.07) is 3.36. The van der Waals surface area contributed by atoms with Crippen LogP contribution in [0.15, 0.2) is 23.2 Å². The molecule has 2 heterocycles. The first-order valence-electron chi connectivity index (χ1n) is 7.08. The number of carboxylic acid groups (broad SMARTS) is 2. The Morgan fingerprint density at radius 3 is 2.43 bits per heavy atom. The van der Waals surface area contributed by atoms with E-state index >= 15 is 0 Å². The van der Waals surface area contributed by atoms with Gasteiger partial charge in [0.2, 0.25) is 0 Å². The van der Waals surface area contributed by atoms with Crippen molar-refractivity contribution in [3.63, 3.8) is 0 Å². The first-order valence-corrected chi connectivity index (χ1v) is 7.85. The van der Waals surface area contributed by atoms with E-state index in [0.29, 0.717) is 5.69 Å². The van der Waals surface area contributed by atoms with Crippen LogP contribution < -0.4 is 4.31 Å². The minimum Gasteiger partial charge on any atom is -0.478 e. The van der Waals surface area contributed by atoms with Crippen molar-refractivity contribution in [2.75, 3.05) is 11.4 Å². The maximum absolute atomic E-state index is 11.4. The Labute approximate surface area is 137 Å². The van der Waals surface area contributed by atoms with E-state index in [1.807, 2.05) is 24.6 Å². The van der Waals surface area contributed by atoms with Crippen LogP contribution in [0.3, 0.4) is 0 Å². The van der Waals surface area contributed by atoms with E-state index in [4.69, 9.17) is 0 Å². The quantitative estimate of drug-likeness (QED) is 0.838. The third-order valence-electron chi connectivity index (χ3n) is 3.82. The van der Waals surface area contributed by atoms with Gasteiger partial charge in [0.25, 0.3) is 0 Å². The molecule has 0 aliphatic carbocycles. The lowest BCUT2D eigenvalue weighted by Crippen LogP contribution is -2.11. The van der Waals surface area contributed by atoms with Crippen LogP contribution >= 0.6 is 11.9 Å². The lowest BCUT2D eigenvalue weighted by Gasteiger charge is -2.19. The van der Waals surface area contributed by atoms with Crippen molar-refractivity contribution >= 4 is 46.6 Å². The van der Waals surface area contributed by atoms with Crippen molar-refractivity contribution in [3.05, 3.63) is 34.4 Å². The fourth-order valence-electron chi connectivity index (χ4n) is 2.77. The van der Waals surface area contributed by atoms with Crippen LogP contribution in [0.4, 0.5) is 5.69 Å². The normalized spacial score (nSPS) is 14.1. The summed E-state index contributed by atoms with van der Waals surface area (Å²) in [5, 5.41) is 19.6. The van der Waals surface area contributed by atoms with Gasteiger partial charge in [0.1, 0.15) is 4.91 Å². The van der Waals surface area contributed by atoms with Gasteiger partial charge in [0.05, 0.1) is 16.8 Å². The number of anilines is 1. The molecule has 120 valence electrons. The molecule has 0 fully saturated rings. The van der Waals surface area contributed by atoms with Gasteiger partial charge in [-0.3, -0.25) is 0 Å². The van der Waals surface area contributed by atoms with Gasteiger partial charge < -0.3 is 19.1 Å². The first-order chi connectivity index (χ1) is 10.8. The van der Waals surface area contributed by atoms with Gasteiger partial charge in [0.15, 0.2) is 0 Å². The van der Waals surface area contributed by atoms with Crippen molar-refractivity contribution in [2.24, 2.45) is 0 Å². The molecular formula is C16H16N2O4S. The van der Waals surface area contributed by atoms with Gasteiger partial charge in [-0.15, -0.1) is 0 Å². The van der Waals surface area contributed by atoms with Gasteiger partial charge in [-0.1, -0.05) is 0 Å². The van der Waals surface area contributed by atoms with Crippen LogP contribution in [-0.4, -0.2) is 33.8 Å². The molecular weight excluding hydrogens is 316 g/mol. The van der Waals surface area contributed by atoms with E-state index in [9.17, 15) is 19.8 Å². The fourth-order valence-corrected chi connectivity index (χ4v) is 3.56. The maximum Gasteiger partial charge on any atom is 0.344 e. The van der Waals surface area contributed by atoms with E-state index in [0.717, 1.165) is 28.4 Å². The van der Waals surface area contributed by atoms with Crippen LogP contribution in [0.1, 0.15) is 35.8 Å². The minimum absolute atomic E-state index is 0.127. The van der Waals surface area contributed by atoms with E-state index < -0.39 is 11.9 Å². The van der Waals surface area contributed by atoms with Gasteiger partial charge in [0, 0.05) is 30.2 Å². The van der Waals surface area contributed by atoms with Crippen molar-refractivity contribution in [1.29, 1.82) is 0 Å². The second-order valence-electron chi connectivity index (χ2n) is 5.68. The molecule has 3 rings (SSSR count). The number of hydrogen-bond acceptors (Lipinski definition) is 4. The maximum atomic E-state index is 11.4. The van der Waals surface area contributed by atoms with Crippen LogP contribution in [0.5, 0.6) is 0 Å². The highest BCUT2D eigenvalue weighted by Crippen LogP contribution is 2.42. The van der Waals surface area contributed by atoms with E-state index in [1.54, 1.807) is 29.6 Å². The van der Waals surface area contributed by atoms with Gasteiger partial charge >= 0.3 is 11.9 Å². The average molecular weight is 332 g/mol. The van der Waals surface area contributed by atoms with E-state index in [1.165, 1.54) is 0 Å². The molecule has 6 nitrogen and oxygen atoms in total. The highest BCUT2D eigenvalue weighted by Gasteiger charge is 2.24. The number of aliphatic carboxylic acids is 1. The van der Waals surface area contributed by atoms with E-state index in [-0.39, 0.29) is 16.5 Å². The summed E-state index contributed by atoms with van der Waals surface area (Å²) in [4.78, 5) is 23.1. The fraction of sp³-hybridized carbons (Fsp3) is 0.250.